The molecule has 9 rings (SSSR count). The molecular weight excluding hydrogens is 581 g/mol. The lowest BCUT2D eigenvalue weighted by Crippen LogP contribution is -2.12. The van der Waals surface area contributed by atoms with Crippen LogP contribution in [0.5, 0.6) is 0 Å². The van der Waals surface area contributed by atoms with Crippen molar-refractivity contribution in [3.8, 4) is 27.9 Å². The molecule has 0 unspecified atom stereocenters. The Bertz CT molecular complexity index is 2540. The summed E-state index contributed by atoms with van der Waals surface area (Å²) in [5.74, 6) is 0. The summed E-state index contributed by atoms with van der Waals surface area (Å²) in [5.41, 5.74) is 11.7. The number of para-hydroxylation sites is 2. The van der Waals surface area contributed by atoms with E-state index in [1.54, 1.807) is 0 Å². The largest absolute Gasteiger partial charge is 0.309 e. The fourth-order valence-corrected chi connectivity index (χ4v) is 7.25. The van der Waals surface area contributed by atoms with Gasteiger partial charge in [-0.15, -0.1) is 0 Å². The fraction of sp³-hybridized carbons (Fsp3) is 0. The highest BCUT2D eigenvalue weighted by Gasteiger charge is 2.22. The van der Waals surface area contributed by atoms with Crippen LogP contribution in [0.1, 0.15) is 0 Å². The molecule has 0 radical (unpaired) electrons. The van der Waals surface area contributed by atoms with Crippen LogP contribution in [0, 0.1) is 0 Å². The molecule has 48 heavy (non-hydrogen) atoms. The zero-order valence-electron chi connectivity index (χ0n) is 26.4. The van der Waals surface area contributed by atoms with Crippen molar-refractivity contribution in [3.05, 3.63) is 194 Å². The summed E-state index contributed by atoms with van der Waals surface area (Å²) in [6, 6.07) is 69.9. The number of anilines is 3. The van der Waals surface area contributed by atoms with E-state index in [1.807, 2.05) is 0 Å². The summed E-state index contributed by atoms with van der Waals surface area (Å²) in [5, 5.41) is 4.91. The van der Waals surface area contributed by atoms with Crippen LogP contribution in [0.15, 0.2) is 194 Å². The van der Waals surface area contributed by atoms with E-state index in [0.717, 1.165) is 22.7 Å². The molecule has 0 aliphatic rings. The molecule has 0 aliphatic carbocycles. The van der Waals surface area contributed by atoms with Gasteiger partial charge in [0.15, 0.2) is 0 Å². The maximum Gasteiger partial charge on any atom is 0.0562 e. The molecule has 8 aromatic carbocycles. The summed E-state index contributed by atoms with van der Waals surface area (Å²) in [7, 11) is 0. The first-order valence-corrected chi connectivity index (χ1v) is 16.5. The third-order valence-electron chi connectivity index (χ3n) is 9.37. The Kier molecular flexibility index (Phi) is 6.84. The smallest absolute Gasteiger partial charge is 0.0562 e. The molecule has 0 fully saturated rings. The number of hydrogen-bond acceptors (Lipinski definition) is 1. The Hall–Kier alpha value is -6.38. The van der Waals surface area contributed by atoms with Gasteiger partial charge in [0.1, 0.15) is 0 Å². The standard InChI is InChI=1S/C46H32N2/c1-4-16-33(17-5-1)38-25-12-13-27-42(38)48(43-28-14-21-34-20-10-11-24-39(34)43)37-30-31-41-45(32-37)47(36-22-8-3-9-23-36)44-29-15-26-40(46(41)44)35-18-6-2-7-19-35/h1-32H. The van der Waals surface area contributed by atoms with Crippen LogP contribution >= 0.6 is 0 Å². The van der Waals surface area contributed by atoms with Gasteiger partial charge >= 0.3 is 0 Å². The molecule has 0 atom stereocenters. The molecule has 2 nitrogen and oxygen atoms in total. The molecular formula is C46H32N2. The lowest BCUT2D eigenvalue weighted by molar-refractivity contribution is 1.18. The lowest BCUT2D eigenvalue weighted by atomic mass is 9.98. The van der Waals surface area contributed by atoms with Gasteiger partial charge in [0.2, 0.25) is 0 Å². The van der Waals surface area contributed by atoms with Gasteiger partial charge in [0, 0.05) is 33.1 Å². The van der Waals surface area contributed by atoms with Crippen molar-refractivity contribution in [1.29, 1.82) is 0 Å². The topological polar surface area (TPSA) is 8.17 Å². The minimum Gasteiger partial charge on any atom is -0.309 e. The highest BCUT2D eigenvalue weighted by molar-refractivity contribution is 6.16. The first-order valence-electron chi connectivity index (χ1n) is 16.5. The van der Waals surface area contributed by atoms with Crippen molar-refractivity contribution < 1.29 is 0 Å². The third-order valence-corrected chi connectivity index (χ3v) is 9.37. The van der Waals surface area contributed by atoms with Crippen LogP contribution in [0.25, 0.3) is 60.5 Å². The van der Waals surface area contributed by atoms with Crippen LogP contribution in [-0.4, -0.2) is 4.57 Å². The number of rotatable bonds is 6. The molecule has 2 heteroatoms. The second-order valence-electron chi connectivity index (χ2n) is 12.2. The average molecular weight is 613 g/mol. The molecule has 226 valence electrons. The highest BCUT2D eigenvalue weighted by Crippen LogP contribution is 2.46. The highest BCUT2D eigenvalue weighted by atomic mass is 15.1. The molecule has 0 N–H and O–H groups in total. The van der Waals surface area contributed by atoms with Crippen LogP contribution in [0.2, 0.25) is 0 Å². The number of fused-ring (bicyclic) bond motifs is 4. The Labute approximate surface area is 280 Å². The maximum absolute atomic E-state index is 2.44. The summed E-state index contributed by atoms with van der Waals surface area (Å²) < 4.78 is 2.42. The van der Waals surface area contributed by atoms with Crippen molar-refractivity contribution in [2.45, 2.75) is 0 Å². The zero-order chi connectivity index (χ0) is 31.9. The molecule has 9 aromatic rings. The molecule has 1 heterocycles. The van der Waals surface area contributed by atoms with Gasteiger partial charge in [0.05, 0.1) is 22.4 Å². The maximum atomic E-state index is 2.44. The van der Waals surface area contributed by atoms with Crippen LogP contribution in [-0.2, 0) is 0 Å². The predicted molar refractivity (Wildman–Crippen MR) is 204 cm³/mol. The fourth-order valence-electron chi connectivity index (χ4n) is 7.25. The molecule has 0 saturated carbocycles. The number of hydrogen-bond donors (Lipinski definition) is 0. The van der Waals surface area contributed by atoms with Crippen molar-refractivity contribution in [2.24, 2.45) is 0 Å². The number of benzene rings is 8. The first kappa shape index (κ1) is 27.9. The normalized spacial score (nSPS) is 11.3. The van der Waals surface area contributed by atoms with Gasteiger partial charge in [0.25, 0.3) is 0 Å². The van der Waals surface area contributed by atoms with E-state index in [4.69, 9.17) is 0 Å². The van der Waals surface area contributed by atoms with Crippen molar-refractivity contribution in [1.82, 2.24) is 4.57 Å². The molecule has 1 aromatic heterocycles. The molecule has 0 saturated heterocycles. The average Bonchev–Trinajstić information content (AvgIpc) is 3.50. The van der Waals surface area contributed by atoms with Gasteiger partial charge in [-0.3, -0.25) is 0 Å². The molecule has 0 bridgehead atoms. The summed E-state index contributed by atoms with van der Waals surface area (Å²) >= 11 is 0. The minimum atomic E-state index is 1.10. The third kappa shape index (κ3) is 4.66. The van der Waals surface area contributed by atoms with Gasteiger partial charge < -0.3 is 9.47 Å². The van der Waals surface area contributed by atoms with Crippen LogP contribution < -0.4 is 4.90 Å². The SMILES string of the molecule is c1ccc(-c2ccccc2N(c2ccc3c4c(-c5ccccc5)cccc4n(-c4ccccc4)c3c2)c2cccc3ccccc23)cc1. The van der Waals surface area contributed by atoms with Gasteiger partial charge in [-0.05, 0) is 64.5 Å². The summed E-state index contributed by atoms with van der Waals surface area (Å²) in [6.07, 6.45) is 0. The van der Waals surface area contributed by atoms with Gasteiger partial charge in [-0.2, -0.15) is 0 Å². The molecule has 0 aliphatic heterocycles. The van der Waals surface area contributed by atoms with Crippen LogP contribution in [0.4, 0.5) is 17.1 Å². The van der Waals surface area contributed by atoms with E-state index in [0.29, 0.717) is 0 Å². The lowest BCUT2D eigenvalue weighted by Gasteiger charge is -2.29. The molecule has 0 spiro atoms. The number of aromatic nitrogens is 1. The van der Waals surface area contributed by atoms with Gasteiger partial charge in [-0.1, -0.05) is 152 Å². The van der Waals surface area contributed by atoms with E-state index in [9.17, 15) is 0 Å². The second-order valence-corrected chi connectivity index (χ2v) is 12.2. The van der Waals surface area contributed by atoms with E-state index in [2.05, 4.69) is 204 Å². The Morgan fingerprint density at radius 3 is 1.75 bits per heavy atom. The van der Waals surface area contributed by atoms with E-state index in [1.165, 1.54) is 54.8 Å². The second kappa shape index (κ2) is 11.8. The van der Waals surface area contributed by atoms with Gasteiger partial charge in [-0.25, -0.2) is 0 Å². The van der Waals surface area contributed by atoms with E-state index in [-0.39, 0.29) is 0 Å². The van der Waals surface area contributed by atoms with Crippen molar-refractivity contribution in [2.75, 3.05) is 4.90 Å². The molecule has 0 amide bonds. The quantitative estimate of drug-likeness (QED) is 0.181. The van der Waals surface area contributed by atoms with E-state index >= 15 is 0 Å². The van der Waals surface area contributed by atoms with Crippen LogP contribution in [0.3, 0.4) is 0 Å². The first-order chi connectivity index (χ1) is 23.8. The minimum absolute atomic E-state index is 1.10. The van der Waals surface area contributed by atoms with Crippen molar-refractivity contribution in [3.63, 3.8) is 0 Å². The summed E-state index contributed by atoms with van der Waals surface area (Å²) in [4.78, 5) is 2.44. The monoisotopic (exact) mass is 612 g/mol. The Morgan fingerprint density at radius 1 is 0.375 bits per heavy atom. The number of nitrogens with zero attached hydrogens (tertiary/aromatic N) is 2. The zero-order valence-corrected chi connectivity index (χ0v) is 26.4. The Balaban J connectivity index is 1.37. The summed E-state index contributed by atoms with van der Waals surface area (Å²) in [6.45, 7) is 0. The predicted octanol–water partition coefficient (Wildman–Crippen LogP) is 12.7. The van der Waals surface area contributed by atoms with Crippen molar-refractivity contribution >= 4 is 49.6 Å². The Morgan fingerprint density at radius 2 is 0.958 bits per heavy atom. The van der Waals surface area contributed by atoms with E-state index < -0.39 is 0 Å².